The van der Waals surface area contributed by atoms with Crippen LogP contribution in [0.3, 0.4) is 0 Å². The molecule has 226 valence electrons. The van der Waals surface area contributed by atoms with Crippen LogP contribution in [0.5, 0.6) is 0 Å². The van der Waals surface area contributed by atoms with Crippen molar-refractivity contribution in [3.05, 3.63) is 70.8 Å². The van der Waals surface area contributed by atoms with Crippen LogP contribution in [0.4, 0.5) is 0 Å². The van der Waals surface area contributed by atoms with Gasteiger partial charge in [0.05, 0.1) is 0 Å². The minimum atomic E-state index is 0.251. The van der Waals surface area contributed by atoms with Gasteiger partial charge < -0.3 is 0 Å². The van der Waals surface area contributed by atoms with Gasteiger partial charge in [-0.25, -0.2) is 0 Å². The second kappa shape index (κ2) is 23.7. The lowest BCUT2D eigenvalue weighted by Crippen LogP contribution is -2.00. The molecule has 2 rings (SSSR count). The van der Waals surface area contributed by atoms with E-state index in [9.17, 15) is 0 Å². The van der Waals surface area contributed by atoms with Crippen molar-refractivity contribution in [1.82, 2.24) is 0 Å². The molecule has 0 aliphatic heterocycles. The second-order valence-electron chi connectivity index (χ2n) is 11.9. The molecule has 0 aromatic heterocycles. The predicted octanol–water partition coefficient (Wildman–Crippen LogP) is 12.4. The van der Waals surface area contributed by atoms with E-state index in [4.69, 9.17) is 0 Å². The fourth-order valence-corrected chi connectivity index (χ4v) is 5.29. The lowest BCUT2D eigenvalue weighted by atomic mass is 9.89. The Labute approximate surface area is 260 Å². The molecule has 0 aliphatic rings. The van der Waals surface area contributed by atoms with E-state index in [1.54, 1.807) is 0 Å². The first-order valence-electron chi connectivity index (χ1n) is 17.4. The summed E-state index contributed by atoms with van der Waals surface area (Å²) in [4.78, 5) is 0. The molecule has 0 radical (unpaired) electrons. The van der Waals surface area contributed by atoms with Crippen LogP contribution in [0.25, 0.3) is 0 Å². The van der Waals surface area contributed by atoms with E-state index in [0.29, 0.717) is 0 Å². The predicted molar refractivity (Wildman–Crippen MR) is 186 cm³/mol. The zero-order chi connectivity index (χ0) is 30.1. The molecule has 0 heterocycles. The van der Waals surface area contributed by atoms with E-state index in [0.717, 1.165) is 36.8 Å². The van der Waals surface area contributed by atoms with E-state index in [1.807, 2.05) is 0 Å². The molecular formula is C42H58. The lowest BCUT2D eigenvalue weighted by molar-refractivity contribution is 0.641. The van der Waals surface area contributed by atoms with Crippen LogP contribution in [0.15, 0.2) is 48.5 Å². The highest BCUT2D eigenvalue weighted by atomic mass is 14.2. The van der Waals surface area contributed by atoms with Crippen LogP contribution in [-0.4, -0.2) is 0 Å². The van der Waals surface area contributed by atoms with Crippen LogP contribution in [0.1, 0.15) is 177 Å². The van der Waals surface area contributed by atoms with Crippen LogP contribution < -0.4 is 0 Å². The number of benzene rings is 2. The standard InChI is InChI=1S/C42H58/c1-5-9-13-15-17-19-21-25-37-27-23-31-41(35-37)39(29-11-7-3)33-34-40(30-12-8-4)42-32-24-28-38(36-42)26-22-20-18-16-14-10-6-2/h23-24,27-28,31-32,35-36,39-40H,5-20,29-30H2,1-4H3. The van der Waals surface area contributed by atoms with Crippen LogP contribution in [0, 0.1) is 35.5 Å². The molecule has 0 saturated heterocycles. The first-order chi connectivity index (χ1) is 20.7. The fourth-order valence-electron chi connectivity index (χ4n) is 5.29. The van der Waals surface area contributed by atoms with Gasteiger partial charge in [0.15, 0.2) is 0 Å². The van der Waals surface area contributed by atoms with Crippen molar-refractivity contribution in [2.75, 3.05) is 0 Å². The van der Waals surface area contributed by atoms with Gasteiger partial charge in [-0.1, -0.05) is 165 Å². The summed E-state index contributed by atoms with van der Waals surface area (Å²) in [5.41, 5.74) is 4.89. The van der Waals surface area contributed by atoms with Crippen molar-refractivity contribution >= 4 is 0 Å². The van der Waals surface area contributed by atoms with Gasteiger partial charge in [-0.15, -0.1) is 0 Å². The summed E-state index contributed by atoms with van der Waals surface area (Å²) in [7, 11) is 0. The van der Waals surface area contributed by atoms with Crippen molar-refractivity contribution in [3.8, 4) is 35.5 Å². The molecule has 2 aromatic rings. The topological polar surface area (TPSA) is 0 Å². The quantitative estimate of drug-likeness (QED) is 0.125. The molecular weight excluding hydrogens is 504 g/mol. The zero-order valence-electron chi connectivity index (χ0n) is 27.5. The molecule has 2 atom stereocenters. The zero-order valence-corrected chi connectivity index (χ0v) is 27.5. The maximum absolute atomic E-state index is 3.76. The van der Waals surface area contributed by atoms with Gasteiger partial charge in [-0.3, -0.25) is 0 Å². The summed E-state index contributed by atoms with van der Waals surface area (Å²) < 4.78 is 0. The summed E-state index contributed by atoms with van der Waals surface area (Å²) in [5.74, 6) is 21.7. The van der Waals surface area contributed by atoms with Crippen molar-refractivity contribution in [2.45, 2.75) is 155 Å². The molecule has 0 saturated carbocycles. The summed E-state index contributed by atoms with van der Waals surface area (Å²) >= 11 is 0. The molecule has 0 fully saturated rings. The molecule has 0 spiro atoms. The van der Waals surface area contributed by atoms with E-state index < -0.39 is 0 Å². The van der Waals surface area contributed by atoms with Gasteiger partial charge in [0.1, 0.15) is 0 Å². The Morgan fingerprint density at radius 3 is 1.29 bits per heavy atom. The number of hydrogen-bond acceptors (Lipinski definition) is 0. The summed E-state index contributed by atoms with van der Waals surface area (Å²) in [6.07, 6.45) is 21.9. The third-order valence-electron chi connectivity index (χ3n) is 7.98. The third-order valence-corrected chi connectivity index (χ3v) is 7.98. The monoisotopic (exact) mass is 562 g/mol. The smallest absolute Gasteiger partial charge is 0.0452 e. The molecule has 0 bridgehead atoms. The summed E-state index contributed by atoms with van der Waals surface area (Å²) in [5, 5.41) is 0. The average molecular weight is 563 g/mol. The summed E-state index contributed by atoms with van der Waals surface area (Å²) in [6.45, 7) is 9.08. The number of hydrogen-bond donors (Lipinski definition) is 0. The molecule has 42 heavy (non-hydrogen) atoms. The van der Waals surface area contributed by atoms with Crippen LogP contribution in [-0.2, 0) is 0 Å². The van der Waals surface area contributed by atoms with Gasteiger partial charge in [0, 0.05) is 35.8 Å². The normalized spacial score (nSPS) is 11.8. The highest BCUT2D eigenvalue weighted by Gasteiger charge is 2.12. The molecule has 2 aromatic carbocycles. The van der Waals surface area contributed by atoms with Crippen molar-refractivity contribution in [1.29, 1.82) is 0 Å². The Morgan fingerprint density at radius 1 is 0.476 bits per heavy atom. The lowest BCUT2D eigenvalue weighted by Gasteiger charge is -2.14. The third kappa shape index (κ3) is 15.4. The maximum Gasteiger partial charge on any atom is 0.0452 e. The average Bonchev–Trinajstić information content (AvgIpc) is 3.02. The van der Waals surface area contributed by atoms with Crippen molar-refractivity contribution < 1.29 is 0 Å². The molecule has 0 heteroatoms. The van der Waals surface area contributed by atoms with Gasteiger partial charge in [0.25, 0.3) is 0 Å². The largest absolute Gasteiger partial charge is 0.0979 e. The minimum Gasteiger partial charge on any atom is -0.0979 e. The van der Waals surface area contributed by atoms with E-state index in [1.165, 1.54) is 101 Å². The first kappa shape index (κ1) is 35.3. The van der Waals surface area contributed by atoms with Gasteiger partial charge >= 0.3 is 0 Å². The Morgan fingerprint density at radius 2 is 0.881 bits per heavy atom. The Bertz CT molecular complexity index is 1070. The minimum absolute atomic E-state index is 0.251. The van der Waals surface area contributed by atoms with Crippen molar-refractivity contribution in [3.63, 3.8) is 0 Å². The van der Waals surface area contributed by atoms with Gasteiger partial charge in [-0.05, 0) is 61.1 Å². The van der Waals surface area contributed by atoms with Crippen molar-refractivity contribution in [2.24, 2.45) is 0 Å². The van der Waals surface area contributed by atoms with Crippen LogP contribution in [0.2, 0.25) is 0 Å². The van der Waals surface area contributed by atoms with E-state index in [2.05, 4.69) is 112 Å². The number of rotatable bonds is 18. The van der Waals surface area contributed by atoms with E-state index >= 15 is 0 Å². The summed E-state index contributed by atoms with van der Waals surface area (Å²) in [6, 6.07) is 17.7. The molecule has 0 nitrogen and oxygen atoms in total. The fraction of sp³-hybridized carbons (Fsp3) is 0.571. The maximum atomic E-state index is 3.76. The van der Waals surface area contributed by atoms with Gasteiger partial charge in [0.2, 0.25) is 0 Å². The SMILES string of the molecule is CCCCCCCC#Cc1cccc(C(C#CC(CCCC)c2cccc(C#CCCCCCCC)c2)CCCC)c1. The highest BCUT2D eigenvalue weighted by Crippen LogP contribution is 2.26. The first-order valence-corrected chi connectivity index (χ1v) is 17.4. The highest BCUT2D eigenvalue weighted by molar-refractivity contribution is 5.43. The second-order valence-corrected chi connectivity index (χ2v) is 11.9. The molecule has 2 unspecified atom stereocenters. The number of unbranched alkanes of at least 4 members (excludes halogenated alkanes) is 12. The Kier molecular flexibility index (Phi) is 19.9. The van der Waals surface area contributed by atoms with E-state index in [-0.39, 0.29) is 11.8 Å². The molecule has 0 aliphatic carbocycles. The Balaban J connectivity index is 2.17. The van der Waals surface area contributed by atoms with Gasteiger partial charge in [-0.2, -0.15) is 0 Å². The molecule has 0 amide bonds. The Hall–Kier alpha value is -2.88. The molecule has 0 N–H and O–H groups in total. The van der Waals surface area contributed by atoms with Crippen LogP contribution >= 0.6 is 0 Å².